The lowest BCUT2D eigenvalue weighted by Crippen LogP contribution is -2.38. The molecular weight excluding hydrogens is 308 g/mol. The van der Waals surface area contributed by atoms with E-state index in [9.17, 15) is 4.79 Å². The summed E-state index contributed by atoms with van der Waals surface area (Å²) in [7, 11) is 0. The van der Waals surface area contributed by atoms with Crippen molar-refractivity contribution in [2.45, 2.75) is 18.8 Å². The van der Waals surface area contributed by atoms with Crippen LogP contribution in [0, 0.1) is 0 Å². The van der Waals surface area contributed by atoms with Gasteiger partial charge < -0.3 is 4.90 Å². The molecule has 0 radical (unpaired) electrons. The van der Waals surface area contributed by atoms with E-state index in [-0.39, 0.29) is 5.91 Å². The molecule has 1 amide bonds. The number of hydrogen-bond donors (Lipinski definition) is 0. The van der Waals surface area contributed by atoms with Crippen LogP contribution in [0.3, 0.4) is 0 Å². The molecule has 4 rings (SSSR count). The maximum atomic E-state index is 12.3. The van der Waals surface area contributed by atoms with Crippen LogP contribution in [-0.2, 0) is 0 Å². The number of carbonyl (C=O) groups excluding carboxylic acids is 1. The van der Waals surface area contributed by atoms with Crippen LogP contribution < -0.4 is 0 Å². The predicted molar refractivity (Wildman–Crippen MR) is 89.5 cm³/mol. The van der Waals surface area contributed by atoms with E-state index < -0.39 is 0 Å². The first-order valence-electron chi connectivity index (χ1n) is 7.69. The molecule has 0 bridgehead atoms. The Balaban J connectivity index is 1.47. The fourth-order valence-electron chi connectivity index (χ4n) is 3.06. The largest absolute Gasteiger partial charge is 0.337 e. The maximum Gasteiger partial charge on any atom is 0.273 e. The van der Waals surface area contributed by atoms with Crippen molar-refractivity contribution in [2.75, 3.05) is 13.1 Å². The summed E-state index contributed by atoms with van der Waals surface area (Å²) < 4.78 is 0. The molecule has 0 saturated carbocycles. The second-order valence-electron chi connectivity index (χ2n) is 5.75. The summed E-state index contributed by atoms with van der Waals surface area (Å²) in [5.41, 5.74) is 4.32. The average Bonchev–Trinajstić information content (AvgIpc) is 3.15. The molecule has 6 heteroatoms. The molecule has 3 aromatic rings. The molecule has 1 saturated heterocycles. The summed E-state index contributed by atoms with van der Waals surface area (Å²) in [4.78, 5) is 27.3. The smallest absolute Gasteiger partial charge is 0.273 e. The lowest BCUT2D eigenvalue weighted by Gasteiger charge is -2.31. The second-order valence-corrected chi connectivity index (χ2v) is 6.46. The molecule has 0 aromatic carbocycles. The third kappa shape index (κ3) is 2.82. The van der Waals surface area contributed by atoms with Crippen LogP contribution in [-0.4, -0.2) is 38.8 Å². The Morgan fingerprint density at radius 3 is 2.87 bits per heavy atom. The van der Waals surface area contributed by atoms with Crippen molar-refractivity contribution in [3.8, 4) is 0 Å². The summed E-state index contributed by atoms with van der Waals surface area (Å²) in [6, 6.07) is 6.03. The first-order valence-corrected chi connectivity index (χ1v) is 8.64. The van der Waals surface area contributed by atoms with Crippen LogP contribution in [0.15, 0.2) is 41.5 Å². The number of rotatable bonds is 2. The molecule has 0 aliphatic carbocycles. The van der Waals surface area contributed by atoms with Gasteiger partial charge in [-0.25, -0.2) is 4.98 Å². The minimum Gasteiger partial charge on any atom is -0.337 e. The Morgan fingerprint density at radius 2 is 2.09 bits per heavy atom. The van der Waals surface area contributed by atoms with E-state index in [1.54, 1.807) is 11.7 Å². The van der Waals surface area contributed by atoms with Crippen LogP contribution >= 0.6 is 11.3 Å². The Hall–Kier alpha value is -2.34. The Kier molecular flexibility index (Phi) is 3.75. The van der Waals surface area contributed by atoms with Gasteiger partial charge in [-0.15, -0.1) is 11.3 Å². The Morgan fingerprint density at radius 1 is 1.22 bits per heavy atom. The maximum absolute atomic E-state index is 12.3. The van der Waals surface area contributed by atoms with Gasteiger partial charge in [0.15, 0.2) is 0 Å². The van der Waals surface area contributed by atoms with Gasteiger partial charge in [-0.2, -0.15) is 0 Å². The fraction of sp³-hybridized carbons (Fsp3) is 0.294. The molecule has 0 spiro atoms. The Bertz CT molecular complexity index is 825. The molecule has 4 heterocycles. The standard InChI is InChI=1S/C17H16N4OS/c22-17(16-10-23-11-20-16)21-6-3-12(4-7-21)14-8-15-13(9-19-14)2-1-5-18-15/h1-2,5,8-12H,3-4,6-7H2. The van der Waals surface area contributed by atoms with Crippen molar-refractivity contribution in [1.82, 2.24) is 19.9 Å². The first-order chi connectivity index (χ1) is 11.3. The molecule has 23 heavy (non-hydrogen) atoms. The molecule has 1 aliphatic heterocycles. The van der Waals surface area contributed by atoms with Crippen LogP contribution in [0.1, 0.15) is 34.9 Å². The van der Waals surface area contributed by atoms with Crippen molar-refractivity contribution in [2.24, 2.45) is 0 Å². The van der Waals surface area contributed by atoms with Gasteiger partial charge in [0, 0.05) is 47.9 Å². The lowest BCUT2D eigenvalue weighted by molar-refractivity contribution is 0.0707. The van der Waals surface area contributed by atoms with Crippen molar-refractivity contribution < 1.29 is 4.79 Å². The highest BCUT2D eigenvalue weighted by atomic mass is 32.1. The van der Waals surface area contributed by atoms with E-state index in [1.165, 1.54) is 11.3 Å². The monoisotopic (exact) mass is 324 g/mol. The summed E-state index contributed by atoms with van der Waals surface area (Å²) in [5, 5.41) is 2.87. The molecule has 0 unspecified atom stereocenters. The molecule has 0 atom stereocenters. The van der Waals surface area contributed by atoms with E-state index >= 15 is 0 Å². The summed E-state index contributed by atoms with van der Waals surface area (Å²) in [5.74, 6) is 0.429. The van der Waals surface area contributed by atoms with E-state index in [1.807, 2.05) is 28.6 Å². The molecule has 0 N–H and O–H groups in total. The number of likely N-dealkylation sites (tertiary alicyclic amines) is 1. The van der Waals surface area contributed by atoms with E-state index in [4.69, 9.17) is 0 Å². The van der Waals surface area contributed by atoms with Gasteiger partial charge in [-0.1, -0.05) is 0 Å². The molecule has 1 aliphatic rings. The van der Waals surface area contributed by atoms with Crippen molar-refractivity contribution in [3.05, 3.63) is 52.9 Å². The zero-order valence-electron chi connectivity index (χ0n) is 12.6. The topological polar surface area (TPSA) is 59.0 Å². The highest BCUT2D eigenvalue weighted by molar-refractivity contribution is 7.07. The summed E-state index contributed by atoms with van der Waals surface area (Å²) in [6.45, 7) is 1.51. The van der Waals surface area contributed by atoms with Crippen molar-refractivity contribution in [3.63, 3.8) is 0 Å². The van der Waals surface area contributed by atoms with Gasteiger partial charge in [0.05, 0.1) is 11.0 Å². The SMILES string of the molecule is O=C(c1cscn1)N1CCC(c2cc3ncccc3cn2)CC1. The number of nitrogens with zero attached hydrogens (tertiary/aromatic N) is 4. The van der Waals surface area contributed by atoms with Gasteiger partial charge in [0.25, 0.3) is 5.91 Å². The minimum atomic E-state index is 0.0397. The van der Waals surface area contributed by atoms with Gasteiger partial charge in [0.1, 0.15) is 5.69 Å². The van der Waals surface area contributed by atoms with Crippen molar-refractivity contribution >= 4 is 28.1 Å². The highest BCUT2D eigenvalue weighted by Crippen LogP contribution is 2.28. The third-order valence-electron chi connectivity index (χ3n) is 4.36. The average molecular weight is 324 g/mol. The quantitative estimate of drug-likeness (QED) is 0.727. The molecule has 116 valence electrons. The molecule has 1 fully saturated rings. The summed E-state index contributed by atoms with van der Waals surface area (Å²) >= 11 is 1.45. The number of thiazole rings is 1. The number of amides is 1. The van der Waals surface area contributed by atoms with Crippen molar-refractivity contribution in [1.29, 1.82) is 0 Å². The molecule has 5 nitrogen and oxygen atoms in total. The van der Waals surface area contributed by atoms with E-state index in [0.717, 1.165) is 42.5 Å². The normalized spacial score (nSPS) is 15.9. The van der Waals surface area contributed by atoms with Crippen LogP contribution in [0.2, 0.25) is 0 Å². The predicted octanol–water partition coefficient (Wildman–Crippen LogP) is 3.11. The molecular formula is C17H16N4OS. The van der Waals surface area contributed by atoms with E-state index in [2.05, 4.69) is 21.0 Å². The Labute approximate surface area is 138 Å². The second kappa shape index (κ2) is 6.04. The molecule has 3 aromatic heterocycles. The fourth-order valence-corrected chi connectivity index (χ4v) is 3.59. The number of aromatic nitrogens is 3. The lowest BCUT2D eigenvalue weighted by atomic mass is 9.92. The number of carbonyl (C=O) groups is 1. The zero-order valence-corrected chi connectivity index (χ0v) is 13.4. The number of fused-ring (bicyclic) bond motifs is 1. The minimum absolute atomic E-state index is 0.0397. The number of piperidine rings is 1. The number of pyridine rings is 2. The van der Waals surface area contributed by atoms with Crippen LogP contribution in [0.25, 0.3) is 10.9 Å². The van der Waals surface area contributed by atoms with E-state index in [0.29, 0.717) is 11.6 Å². The number of hydrogen-bond acceptors (Lipinski definition) is 5. The van der Waals surface area contributed by atoms with Crippen LogP contribution in [0.5, 0.6) is 0 Å². The first kappa shape index (κ1) is 14.3. The summed E-state index contributed by atoms with van der Waals surface area (Å²) in [6.07, 6.45) is 5.56. The van der Waals surface area contributed by atoms with Crippen LogP contribution in [0.4, 0.5) is 0 Å². The zero-order chi connectivity index (χ0) is 15.6. The van der Waals surface area contributed by atoms with Gasteiger partial charge in [-0.05, 0) is 31.0 Å². The van der Waals surface area contributed by atoms with Gasteiger partial charge in [-0.3, -0.25) is 14.8 Å². The highest BCUT2D eigenvalue weighted by Gasteiger charge is 2.26. The van der Waals surface area contributed by atoms with Gasteiger partial charge >= 0.3 is 0 Å². The third-order valence-corrected chi connectivity index (χ3v) is 4.95. The van der Waals surface area contributed by atoms with Gasteiger partial charge in [0.2, 0.25) is 0 Å².